The van der Waals surface area contributed by atoms with Crippen molar-refractivity contribution in [2.45, 2.75) is 18.7 Å². The molecule has 0 fully saturated rings. The number of fused-ring (bicyclic) bond motifs is 1. The van der Waals surface area contributed by atoms with E-state index in [1.165, 1.54) is 16.1 Å². The standard InChI is InChI=1S/C14H16N2S/c1-3-16(4-2)13-6-5-12-7-11(9-15)10-17-14(12)8-13/h5-8H,3-4,10H2,1-2H3. The molecule has 0 amide bonds. The van der Waals surface area contributed by atoms with Crippen molar-refractivity contribution < 1.29 is 0 Å². The summed E-state index contributed by atoms with van der Waals surface area (Å²) in [6.45, 7) is 6.39. The smallest absolute Gasteiger partial charge is 0.0956 e. The number of nitriles is 1. The summed E-state index contributed by atoms with van der Waals surface area (Å²) in [4.78, 5) is 3.62. The molecule has 0 spiro atoms. The average Bonchev–Trinajstić information content (AvgIpc) is 2.39. The fraction of sp³-hybridized carbons (Fsp3) is 0.357. The molecule has 0 unspecified atom stereocenters. The SMILES string of the molecule is CCN(CC)c1ccc2c(c1)SCC(C#N)=C2. The number of hydrogen-bond acceptors (Lipinski definition) is 3. The first-order valence-electron chi connectivity index (χ1n) is 5.91. The van der Waals surface area contributed by atoms with Gasteiger partial charge in [-0.3, -0.25) is 0 Å². The second-order valence-corrected chi connectivity index (χ2v) is 4.98. The Kier molecular flexibility index (Phi) is 3.75. The second-order valence-electron chi connectivity index (χ2n) is 3.96. The Morgan fingerprint density at radius 3 is 2.76 bits per heavy atom. The van der Waals surface area contributed by atoms with Gasteiger partial charge >= 0.3 is 0 Å². The van der Waals surface area contributed by atoms with E-state index in [0.29, 0.717) is 0 Å². The lowest BCUT2D eigenvalue weighted by molar-refractivity contribution is 0.864. The molecule has 17 heavy (non-hydrogen) atoms. The monoisotopic (exact) mass is 244 g/mol. The van der Waals surface area contributed by atoms with E-state index in [4.69, 9.17) is 5.26 Å². The van der Waals surface area contributed by atoms with Gasteiger partial charge in [-0.15, -0.1) is 11.8 Å². The van der Waals surface area contributed by atoms with Crippen LogP contribution in [0.15, 0.2) is 28.7 Å². The Balaban J connectivity index is 2.34. The van der Waals surface area contributed by atoms with Gasteiger partial charge in [0.1, 0.15) is 0 Å². The molecule has 0 aromatic heterocycles. The van der Waals surface area contributed by atoms with Crippen LogP contribution in [-0.4, -0.2) is 18.8 Å². The highest BCUT2D eigenvalue weighted by Crippen LogP contribution is 2.34. The van der Waals surface area contributed by atoms with Crippen LogP contribution in [0.1, 0.15) is 19.4 Å². The van der Waals surface area contributed by atoms with Crippen molar-refractivity contribution in [3.8, 4) is 6.07 Å². The maximum absolute atomic E-state index is 8.90. The Morgan fingerprint density at radius 1 is 1.35 bits per heavy atom. The largest absolute Gasteiger partial charge is 0.372 e. The summed E-state index contributed by atoms with van der Waals surface area (Å²) >= 11 is 1.76. The van der Waals surface area contributed by atoms with Crippen LogP contribution in [0.25, 0.3) is 6.08 Å². The van der Waals surface area contributed by atoms with Crippen LogP contribution >= 0.6 is 11.8 Å². The summed E-state index contributed by atoms with van der Waals surface area (Å²) in [7, 11) is 0. The van der Waals surface area contributed by atoms with Gasteiger partial charge in [0.15, 0.2) is 0 Å². The summed E-state index contributed by atoms with van der Waals surface area (Å²) in [6.07, 6.45) is 2.00. The van der Waals surface area contributed by atoms with Crippen LogP contribution in [0.5, 0.6) is 0 Å². The van der Waals surface area contributed by atoms with E-state index in [9.17, 15) is 0 Å². The zero-order valence-electron chi connectivity index (χ0n) is 10.2. The molecule has 0 saturated heterocycles. The highest BCUT2D eigenvalue weighted by atomic mass is 32.2. The zero-order chi connectivity index (χ0) is 12.3. The van der Waals surface area contributed by atoms with Crippen molar-refractivity contribution in [1.82, 2.24) is 0 Å². The van der Waals surface area contributed by atoms with Crippen molar-refractivity contribution in [1.29, 1.82) is 5.26 Å². The number of anilines is 1. The van der Waals surface area contributed by atoms with Crippen LogP contribution in [0.4, 0.5) is 5.69 Å². The average molecular weight is 244 g/mol. The molecule has 2 rings (SSSR count). The molecule has 0 saturated carbocycles. The molecule has 0 aliphatic carbocycles. The summed E-state index contributed by atoms with van der Waals surface area (Å²) in [5.41, 5.74) is 3.31. The molecule has 1 aromatic carbocycles. The van der Waals surface area contributed by atoms with Crippen molar-refractivity contribution >= 4 is 23.5 Å². The first-order chi connectivity index (χ1) is 8.28. The van der Waals surface area contributed by atoms with Crippen LogP contribution in [0, 0.1) is 11.3 Å². The number of thioether (sulfide) groups is 1. The van der Waals surface area contributed by atoms with E-state index in [1.54, 1.807) is 11.8 Å². The van der Waals surface area contributed by atoms with E-state index in [2.05, 4.69) is 43.0 Å². The summed E-state index contributed by atoms with van der Waals surface area (Å²) < 4.78 is 0. The topological polar surface area (TPSA) is 27.0 Å². The molecule has 0 atom stereocenters. The molecule has 88 valence electrons. The van der Waals surface area contributed by atoms with Gasteiger partial charge in [0.05, 0.1) is 6.07 Å². The fourth-order valence-electron chi connectivity index (χ4n) is 2.00. The Morgan fingerprint density at radius 2 is 2.12 bits per heavy atom. The molecule has 1 aliphatic heterocycles. The lowest BCUT2D eigenvalue weighted by atomic mass is 10.1. The highest BCUT2D eigenvalue weighted by molar-refractivity contribution is 7.99. The first kappa shape index (κ1) is 12.1. The Hall–Kier alpha value is -1.40. The predicted molar refractivity (Wildman–Crippen MR) is 74.3 cm³/mol. The molecule has 0 N–H and O–H groups in total. The molecular weight excluding hydrogens is 228 g/mol. The van der Waals surface area contributed by atoms with E-state index >= 15 is 0 Å². The van der Waals surface area contributed by atoms with Gasteiger partial charge in [0.25, 0.3) is 0 Å². The molecular formula is C14H16N2S. The van der Waals surface area contributed by atoms with Gasteiger partial charge in [-0.25, -0.2) is 0 Å². The normalized spacial score (nSPS) is 13.6. The minimum Gasteiger partial charge on any atom is -0.372 e. The third kappa shape index (κ3) is 2.48. The van der Waals surface area contributed by atoms with Gasteiger partial charge in [-0.05, 0) is 37.6 Å². The van der Waals surface area contributed by atoms with E-state index in [1.807, 2.05) is 6.08 Å². The van der Waals surface area contributed by atoms with Gasteiger partial charge in [0, 0.05) is 35.0 Å². The predicted octanol–water partition coefficient (Wildman–Crippen LogP) is 3.55. The van der Waals surface area contributed by atoms with Crippen LogP contribution in [-0.2, 0) is 0 Å². The summed E-state index contributed by atoms with van der Waals surface area (Å²) in [6, 6.07) is 8.73. The minimum atomic E-state index is 0.797. The molecule has 1 aromatic rings. The van der Waals surface area contributed by atoms with Crippen LogP contribution in [0.3, 0.4) is 0 Å². The lowest BCUT2D eigenvalue weighted by Gasteiger charge is -2.23. The molecule has 1 aliphatic rings. The third-order valence-electron chi connectivity index (χ3n) is 2.98. The van der Waals surface area contributed by atoms with Gasteiger partial charge in [0.2, 0.25) is 0 Å². The Labute approximate surface area is 107 Å². The molecule has 0 bridgehead atoms. The Bertz CT molecular complexity index is 481. The number of rotatable bonds is 3. The summed E-state index contributed by atoms with van der Waals surface area (Å²) in [5, 5.41) is 8.90. The molecule has 3 heteroatoms. The van der Waals surface area contributed by atoms with Gasteiger partial charge in [-0.2, -0.15) is 5.26 Å². The minimum absolute atomic E-state index is 0.797. The second kappa shape index (κ2) is 5.29. The van der Waals surface area contributed by atoms with Gasteiger partial charge in [-0.1, -0.05) is 6.07 Å². The van der Waals surface area contributed by atoms with E-state index in [0.717, 1.165) is 24.4 Å². The number of benzene rings is 1. The highest BCUT2D eigenvalue weighted by Gasteiger charge is 2.12. The number of nitrogens with zero attached hydrogens (tertiary/aromatic N) is 2. The lowest BCUT2D eigenvalue weighted by Crippen LogP contribution is -2.21. The van der Waals surface area contributed by atoms with E-state index in [-0.39, 0.29) is 0 Å². The summed E-state index contributed by atoms with van der Waals surface area (Å²) in [5.74, 6) is 0.797. The van der Waals surface area contributed by atoms with Crippen LogP contribution in [0.2, 0.25) is 0 Å². The fourth-order valence-corrected chi connectivity index (χ4v) is 2.96. The quantitative estimate of drug-likeness (QED) is 0.813. The molecule has 1 heterocycles. The van der Waals surface area contributed by atoms with Gasteiger partial charge < -0.3 is 4.90 Å². The zero-order valence-corrected chi connectivity index (χ0v) is 11.0. The van der Waals surface area contributed by atoms with Crippen molar-refractivity contribution in [3.63, 3.8) is 0 Å². The van der Waals surface area contributed by atoms with Crippen LogP contribution < -0.4 is 4.90 Å². The maximum atomic E-state index is 8.90. The van der Waals surface area contributed by atoms with Crippen molar-refractivity contribution in [2.24, 2.45) is 0 Å². The molecule has 0 radical (unpaired) electrons. The maximum Gasteiger partial charge on any atom is 0.0956 e. The van der Waals surface area contributed by atoms with Crippen molar-refractivity contribution in [2.75, 3.05) is 23.7 Å². The molecule has 2 nitrogen and oxygen atoms in total. The van der Waals surface area contributed by atoms with Crippen molar-refractivity contribution in [3.05, 3.63) is 29.3 Å². The first-order valence-corrected chi connectivity index (χ1v) is 6.89. The number of hydrogen-bond donors (Lipinski definition) is 0. The van der Waals surface area contributed by atoms with E-state index < -0.39 is 0 Å². The third-order valence-corrected chi connectivity index (χ3v) is 4.10.